The molecule has 1 fully saturated rings. The number of ether oxygens (including phenoxy) is 1. The van der Waals surface area contributed by atoms with E-state index in [0.29, 0.717) is 12.0 Å². The molecule has 2 rings (SSSR count). The van der Waals surface area contributed by atoms with E-state index in [1.807, 2.05) is 0 Å². The predicted octanol–water partition coefficient (Wildman–Crippen LogP) is 2.12. The van der Waals surface area contributed by atoms with Crippen molar-refractivity contribution in [3.05, 3.63) is 11.6 Å². The highest BCUT2D eigenvalue weighted by atomic mass is 16.6. The maximum absolute atomic E-state index is 12.6. The van der Waals surface area contributed by atoms with E-state index >= 15 is 0 Å². The maximum Gasteiger partial charge on any atom is 0.417 e. The minimum Gasteiger partial charge on any atom is -0.443 e. The summed E-state index contributed by atoms with van der Waals surface area (Å²) in [4.78, 5) is 49.3. The molecule has 0 bridgehead atoms. The van der Waals surface area contributed by atoms with Crippen LogP contribution in [-0.2, 0) is 19.1 Å². The van der Waals surface area contributed by atoms with Crippen LogP contribution < -0.4 is 0 Å². The Morgan fingerprint density at radius 3 is 2.48 bits per heavy atom. The zero-order valence-electron chi connectivity index (χ0n) is 14.2. The minimum atomic E-state index is -0.843. The molecule has 0 aromatic carbocycles. The average molecular weight is 321 g/mol. The molecule has 0 N–H and O–H groups in total. The van der Waals surface area contributed by atoms with Crippen molar-refractivity contribution in [2.75, 3.05) is 6.54 Å². The van der Waals surface area contributed by atoms with Crippen LogP contribution in [0.25, 0.3) is 0 Å². The van der Waals surface area contributed by atoms with E-state index in [2.05, 4.69) is 0 Å². The van der Waals surface area contributed by atoms with Crippen molar-refractivity contribution >= 4 is 24.1 Å². The van der Waals surface area contributed by atoms with E-state index in [0.717, 1.165) is 11.2 Å². The lowest BCUT2D eigenvalue weighted by Crippen LogP contribution is -2.43. The summed E-state index contributed by atoms with van der Waals surface area (Å²) >= 11 is 0. The fourth-order valence-electron chi connectivity index (χ4n) is 3.44. The normalized spacial score (nSPS) is 30.6. The molecular formula is C17H23NO5. The van der Waals surface area contributed by atoms with Crippen molar-refractivity contribution in [3.8, 4) is 0 Å². The zero-order valence-corrected chi connectivity index (χ0v) is 14.2. The molecule has 0 aromatic heterocycles. The molecular weight excluding hydrogens is 298 g/mol. The lowest BCUT2D eigenvalue weighted by atomic mass is 9.63. The highest BCUT2D eigenvalue weighted by Crippen LogP contribution is 2.49. The first-order valence-corrected chi connectivity index (χ1v) is 7.72. The second-order valence-electron chi connectivity index (χ2n) is 7.52. The summed E-state index contributed by atoms with van der Waals surface area (Å²) in [6.07, 6.45) is 2.06. The van der Waals surface area contributed by atoms with E-state index in [9.17, 15) is 19.2 Å². The number of rotatable bonds is 2. The van der Waals surface area contributed by atoms with E-state index in [-0.39, 0.29) is 12.3 Å². The van der Waals surface area contributed by atoms with Crippen molar-refractivity contribution in [3.63, 3.8) is 0 Å². The molecule has 23 heavy (non-hydrogen) atoms. The monoisotopic (exact) mass is 321 g/mol. The number of nitrogens with zero attached hydrogens (tertiary/aromatic N) is 1. The number of imide groups is 1. The van der Waals surface area contributed by atoms with Gasteiger partial charge in [0.15, 0.2) is 0 Å². The van der Waals surface area contributed by atoms with Gasteiger partial charge in [0, 0.05) is 29.4 Å². The molecule has 0 radical (unpaired) electrons. The summed E-state index contributed by atoms with van der Waals surface area (Å²) in [5, 5.41) is 0. The molecule has 1 aliphatic heterocycles. The molecule has 6 heteroatoms. The molecule has 1 aliphatic carbocycles. The van der Waals surface area contributed by atoms with Crippen LogP contribution in [0.2, 0.25) is 0 Å². The van der Waals surface area contributed by atoms with Gasteiger partial charge in [0.25, 0.3) is 5.91 Å². The fraction of sp³-hybridized carbons (Fsp3) is 0.647. The molecule has 0 saturated carbocycles. The first kappa shape index (κ1) is 17.4. The van der Waals surface area contributed by atoms with Gasteiger partial charge in [0.05, 0.1) is 0 Å². The number of ketones is 1. The summed E-state index contributed by atoms with van der Waals surface area (Å²) in [7, 11) is 0. The van der Waals surface area contributed by atoms with Gasteiger partial charge in [-0.2, -0.15) is 0 Å². The molecule has 2 aliphatic rings. The van der Waals surface area contributed by atoms with Crippen molar-refractivity contribution in [2.24, 2.45) is 17.3 Å². The first-order chi connectivity index (χ1) is 10.5. The Balaban J connectivity index is 2.35. The van der Waals surface area contributed by atoms with Crippen LogP contribution in [0, 0.1) is 17.3 Å². The smallest absolute Gasteiger partial charge is 0.417 e. The van der Waals surface area contributed by atoms with Crippen LogP contribution >= 0.6 is 0 Å². The van der Waals surface area contributed by atoms with E-state index < -0.39 is 34.9 Å². The lowest BCUT2D eigenvalue weighted by Gasteiger charge is -2.38. The van der Waals surface area contributed by atoms with Crippen LogP contribution in [0.4, 0.5) is 4.79 Å². The largest absolute Gasteiger partial charge is 0.443 e. The Bertz CT molecular complexity index is 601. The summed E-state index contributed by atoms with van der Waals surface area (Å²) < 4.78 is 5.27. The standard InChI is InChI=1S/C17H23NO5/c1-10(20)11-6-7-12-14(21)18(15(22)23-16(2,3)4)9-17(12,5)13(11)8-19/h7-8,11,13H,6,9H2,1-5H3/t11-,13-,17+/m1/s1. The van der Waals surface area contributed by atoms with E-state index in [1.165, 1.54) is 6.92 Å². The number of amides is 2. The first-order valence-electron chi connectivity index (χ1n) is 7.72. The summed E-state index contributed by atoms with van der Waals surface area (Å²) in [5.74, 6) is -1.58. The van der Waals surface area contributed by atoms with Crippen molar-refractivity contribution in [2.45, 2.75) is 46.6 Å². The van der Waals surface area contributed by atoms with Crippen LogP contribution in [0.15, 0.2) is 11.6 Å². The summed E-state index contributed by atoms with van der Waals surface area (Å²) in [5.41, 5.74) is -1.13. The van der Waals surface area contributed by atoms with Gasteiger partial charge in [-0.3, -0.25) is 9.59 Å². The Kier molecular flexibility index (Phi) is 4.22. The average Bonchev–Trinajstić information content (AvgIpc) is 2.67. The quantitative estimate of drug-likeness (QED) is 0.728. The lowest BCUT2D eigenvalue weighted by molar-refractivity contribution is -0.129. The van der Waals surface area contributed by atoms with Gasteiger partial charge in [0.1, 0.15) is 17.7 Å². The number of hydrogen-bond acceptors (Lipinski definition) is 5. The van der Waals surface area contributed by atoms with Crippen LogP contribution in [0.5, 0.6) is 0 Å². The number of carbonyl (C=O) groups excluding carboxylic acids is 4. The molecule has 3 atom stereocenters. The van der Waals surface area contributed by atoms with Gasteiger partial charge in [-0.25, -0.2) is 9.69 Å². The van der Waals surface area contributed by atoms with E-state index in [4.69, 9.17) is 4.74 Å². The zero-order chi connectivity index (χ0) is 17.6. The highest BCUT2D eigenvalue weighted by molar-refractivity contribution is 6.07. The van der Waals surface area contributed by atoms with Crippen LogP contribution in [-0.4, -0.2) is 41.1 Å². The Morgan fingerprint density at radius 1 is 1.39 bits per heavy atom. The molecule has 126 valence electrons. The second-order valence-corrected chi connectivity index (χ2v) is 7.52. The summed E-state index contributed by atoms with van der Waals surface area (Å²) in [6, 6.07) is 0. The van der Waals surface area contributed by atoms with Gasteiger partial charge >= 0.3 is 6.09 Å². The number of allylic oxidation sites excluding steroid dienone is 1. The number of carbonyl (C=O) groups is 4. The molecule has 0 spiro atoms. The molecule has 1 heterocycles. The third kappa shape index (κ3) is 2.94. The summed E-state index contributed by atoms with van der Waals surface area (Å²) in [6.45, 7) is 8.43. The Labute approximate surface area is 135 Å². The Hall–Kier alpha value is -1.98. The van der Waals surface area contributed by atoms with Gasteiger partial charge in [-0.15, -0.1) is 0 Å². The fourth-order valence-corrected chi connectivity index (χ4v) is 3.44. The molecule has 2 amide bonds. The number of aldehydes is 1. The van der Waals surface area contributed by atoms with Gasteiger partial charge in [0.2, 0.25) is 0 Å². The SMILES string of the molecule is CC(=O)[C@H]1CC=C2C(=O)N(C(=O)OC(C)(C)C)C[C@]2(C)[C@@H]1C=O. The van der Waals surface area contributed by atoms with Crippen LogP contribution in [0.1, 0.15) is 41.0 Å². The van der Waals surface area contributed by atoms with Crippen LogP contribution in [0.3, 0.4) is 0 Å². The molecule has 1 saturated heterocycles. The van der Waals surface area contributed by atoms with Crippen molar-refractivity contribution in [1.29, 1.82) is 0 Å². The van der Waals surface area contributed by atoms with Gasteiger partial charge < -0.3 is 9.53 Å². The van der Waals surface area contributed by atoms with E-state index in [1.54, 1.807) is 33.8 Å². The minimum absolute atomic E-state index is 0.0553. The molecule has 0 aromatic rings. The number of hydrogen-bond donors (Lipinski definition) is 0. The topological polar surface area (TPSA) is 80.8 Å². The number of fused-ring (bicyclic) bond motifs is 1. The Morgan fingerprint density at radius 2 is 2.00 bits per heavy atom. The third-order valence-corrected chi connectivity index (χ3v) is 4.61. The molecule has 6 nitrogen and oxygen atoms in total. The maximum atomic E-state index is 12.6. The predicted molar refractivity (Wildman–Crippen MR) is 82.5 cm³/mol. The van der Waals surface area contributed by atoms with Gasteiger partial charge in [-0.05, 0) is 34.1 Å². The van der Waals surface area contributed by atoms with Gasteiger partial charge in [-0.1, -0.05) is 13.0 Å². The number of likely N-dealkylation sites (tertiary alicyclic amines) is 1. The van der Waals surface area contributed by atoms with Crippen molar-refractivity contribution in [1.82, 2.24) is 4.90 Å². The van der Waals surface area contributed by atoms with Crippen molar-refractivity contribution < 1.29 is 23.9 Å². The second kappa shape index (κ2) is 5.58. The highest BCUT2D eigenvalue weighted by Gasteiger charge is 2.56. The third-order valence-electron chi connectivity index (χ3n) is 4.61. The number of Topliss-reactive ketones (excluding diaryl/α,β-unsaturated/α-hetero) is 1. The molecule has 0 unspecified atom stereocenters.